The third-order valence-corrected chi connectivity index (χ3v) is 6.36. The molecule has 2 fully saturated rings. The molecule has 15 nitrogen and oxygen atoms in total. The summed E-state index contributed by atoms with van der Waals surface area (Å²) in [7, 11) is 0. The Morgan fingerprint density at radius 2 is 1.60 bits per heavy atom. The van der Waals surface area contributed by atoms with E-state index in [2.05, 4.69) is 35.3 Å². The highest BCUT2D eigenvalue weighted by Gasteiger charge is 2.21. The lowest BCUT2D eigenvalue weighted by Crippen LogP contribution is -2.40. The van der Waals surface area contributed by atoms with Crippen LogP contribution < -0.4 is 24.7 Å². The van der Waals surface area contributed by atoms with Crippen LogP contribution in [0.5, 0.6) is 11.5 Å². The second-order valence-corrected chi connectivity index (χ2v) is 9.16. The molecule has 5 rings (SSSR count). The summed E-state index contributed by atoms with van der Waals surface area (Å²) in [6.07, 6.45) is 1.57. The molecule has 2 saturated heterocycles. The molecule has 3 heterocycles. The molecule has 1 aromatic heterocycles. The molecule has 0 saturated carbocycles. The third kappa shape index (κ3) is 7.24. The molecule has 2 aliphatic heterocycles. The van der Waals surface area contributed by atoms with Gasteiger partial charge in [0.25, 0.3) is 5.69 Å². The van der Waals surface area contributed by atoms with Crippen molar-refractivity contribution in [1.82, 2.24) is 15.0 Å². The number of carbonyl (C=O) groups is 1. The van der Waals surface area contributed by atoms with Gasteiger partial charge in [-0.2, -0.15) is 20.1 Å². The Morgan fingerprint density at radius 1 is 0.976 bits per heavy atom. The highest BCUT2D eigenvalue weighted by atomic mass is 16.6. The molecular weight excluding hydrogens is 548 g/mol. The van der Waals surface area contributed by atoms with Crippen LogP contribution in [0.4, 0.5) is 23.5 Å². The summed E-state index contributed by atoms with van der Waals surface area (Å²) < 4.78 is 22.1. The Balaban J connectivity index is 1.30. The van der Waals surface area contributed by atoms with Gasteiger partial charge in [0, 0.05) is 38.3 Å². The van der Waals surface area contributed by atoms with E-state index in [0.717, 1.165) is 0 Å². The normalized spacial score (nSPS) is 15.5. The Bertz CT molecular complexity index is 1390. The first-order chi connectivity index (χ1) is 20.5. The van der Waals surface area contributed by atoms with Crippen molar-refractivity contribution in [2.24, 2.45) is 5.10 Å². The number of carbonyl (C=O) groups excluding carboxylic acids is 1. The zero-order valence-electron chi connectivity index (χ0n) is 23.0. The molecule has 0 aliphatic carbocycles. The Hall–Kier alpha value is -4.89. The summed E-state index contributed by atoms with van der Waals surface area (Å²) in [6.45, 7) is 7.24. The number of nitrogens with zero attached hydrogens (tertiary/aromatic N) is 7. The molecule has 220 valence electrons. The first kappa shape index (κ1) is 28.6. The molecule has 42 heavy (non-hydrogen) atoms. The van der Waals surface area contributed by atoms with Crippen LogP contribution in [-0.4, -0.2) is 91.3 Å². The molecule has 15 heteroatoms. The molecule has 1 N–H and O–H groups in total. The van der Waals surface area contributed by atoms with Crippen molar-refractivity contribution in [2.45, 2.75) is 6.92 Å². The molecule has 0 unspecified atom stereocenters. The highest BCUT2D eigenvalue weighted by molar-refractivity contribution is 5.92. The summed E-state index contributed by atoms with van der Waals surface area (Å²) in [4.78, 5) is 40.9. The van der Waals surface area contributed by atoms with Gasteiger partial charge >= 0.3 is 5.97 Å². The summed E-state index contributed by atoms with van der Waals surface area (Å²) in [5.41, 5.74) is 3.62. The van der Waals surface area contributed by atoms with Gasteiger partial charge in [0.15, 0.2) is 11.5 Å². The fraction of sp³-hybridized carbons (Fsp3) is 0.370. The lowest BCUT2D eigenvalue weighted by atomic mass is 10.2. The van der Waals surface area contributed by atoms with Crippen molar-refractivity contribution in [1.29, 1.82) is 0 Å². The van der Waals surface area contributed by atoms with Gasteiger partial charge in [0.05, 0.1) is 49.7 Å². The third-order valence-electron chi connectivity index (χ3n) is 6.36. The number of hydrogen-bond donors (Lipinski definition) is 1. The summed E-state index contributed by atoms with van der Waals surface area (Å²) in [5, 5.41) is 15.2. The monoisotopic (exact) mass is 578 g/mol. The van der Waals surface area contributed by atoms with Crippen molar-refractivity contribution in [3.63, 3.8) is 0 Å². The minimum absolute atomic E-state index is 0.120. The van der Waals surface area contributed by atoms with Gasteiger partial charge in [-0.25, -0.2) is 10.2 Å². The maximum atomic E-state index is 12.6. The van der Waals surface area contributed by atoms with Crippen LogP contribution in [-0.2, 0) is 9.47 Å². The van der Waals surface area contributed by atoms with Crippen molar-refractivity contribution >= 4 is 35.7 Å². The van der Waals surface area contributed by atoms with Crippen LogP contribution in [0.15, 0.2) is 47.6 Å². The highest BCUT2D eigenvalue weighted by Crippen LogP contribution is 2.29. The Labute approximate surface area is 241 Å². The van der Waals surface area contributed by atoms with Crippen molar-refractivity contribution in [3.8, 4) is 11.5 Å². The number of morpholine rings is 2. The van der Waals surface area contributed by atoms with E-state index in [4.69, 9.17) is 18.9 Å². The Kier molecular flexibility index (Phi) is 9.30. The van der Waals surface area contributed by atoms with Crippen LogP contribution in [0, 0.1) is 10.1 Å². The predicted molar refractivity (Wildman–Crippen MR) is 153 cm³/mol. The second-order valence-electron chi connectivity index (χ2n) is 9.16. The number of aromatic nitrogens is 3. The number of non-ortho nitro benzene ring substituents is 1. The Morgan fingerprint density at radius 3 is 2.17 bits per heavy atom. The SMILES string of the molecule is CCOc1cc(/C=N\Nc2nc(N3CCOCC3)nc(N3CCOCC3)n2)ccc1OC(=O)c1ccc([N+](=O)[O-])cc1. The number of nitro groups is 1. The second kappa shape index (κ2) is 13.6. The standard InChI is InChI=1S/C27H30N8O7/c1-2-41-23-17-19(3-8-22(23)42-24(36)20-4-6-21(7-5-20)35(37)38)18-28-32-25-29-26(33-9-13-39-14-10-33)31-27(30-25)34-11-15-40-16-12-34/h3-8,17-18H,2,9-16H2,1H3,(H,29,30,31,32)/b28-18-. The summed E-state index contributed by atoms with van der Waals surface area (Å²) in [6, 6.07) is 10.1. The first-order valence-corrected chi connectivity index (χ1v) is 13.4. The van der Waals surface area contributed by atoms with E-state index in [0.29, 0.717) is 88.4 Å². The molecule has 0 amide bonds. The quantitative estimate of drug-likeness (QED) is 0.123. The van der Waals surface area contributed by atoms with Gasteiger partial charge in [-0.15, -0.1) is 0 Å². The van der Waals surface area contributed by atoms with E-state index in [1.165, 1.54) is 24.3 Å². The zero-order chi connectivity index (χ0) is 29.3. The van der Waals surface area contributed by atoms with Crippen molar-refractivity contribution in [3.05, 3.63) is 63.7 Å². The molecule has 2 aliphatic rings. The zero-order valence-corrected chi connectivity index (χ0v) is 23.0. The van der Waals surface area contributed by atoms with Crippen LogP contribution in [0.1, 0.15) is 22.8 Å². The van der Waals surface area contributed by atoms with Crippen LogP contribution >= 0.6 is 0 Å². The maximum absolute atomic E-state index is 12.6. The lowest BCUT2D eigenvalue weighted by Gasteiger charge is -2.30. The molecule has 3 aromatic rings. The van der Waals surface area contributed by atoms with E-state index in [1.54, 1.807) is 24.4 Å². The van der Waals surface area contributed by atoms with Crippen LogP contribution in [0.3, 0.4) is 0 Å². The van der Waals surface area contributed by atoms with Crippen molar-refractivity contribution < 1.29 is 28.7 Å². The molecule has 0 atom stereocenters. The first-order valence-electron chi connectivity index (χ1n) is 13.4. The number of nitrogens with one attached hydrogen (secondary N) is 1. The molecule has 0 radical (unpaired) electrons. The number of hydrazone groups is 1. The molecular formula is C27H30N8O7. The van der Waals surface area contributed by atoms with Gasteiger partial charge < -0.3 is 28.7 Å². The molecule has 0 bridgehead atoms. The van der Waals surface area contributed by atoms with E-state index in [1.807, 2.05) is 6.92 Å². The van der Waals surface area contributed by atoms with Gasteiger partial charge in [0.2, 0.25) is 17.8 Å². The minimum Gasteiger partial charge on any atom is -0.490 e. The van der Waals surface area contributed by atoms with Gasteiger partial charge in [0.1, 0.15) is 0 Å². The summed E-state index contributed by atoms with van der Waals surface area (Å²) >= 11 is 0. The van der Waals surface area contributed by atoms with Gasteiger partial charge in [-0.1, -0.05) is 0 Å². The fourth-order valence-corrected chi connectivity index (χ4v) is 4.21. The number of hydrogen-bond acceptors (Lipinski definition) is 14. The summed E-state index contributed by atoms with van der Waals surface area (Å²) in [5.74, 6) is 1.25. The topological polar surface area (TPSA) is 167 Å². The van der Waals surface area contributed by atoms with E-state index >= 15 is 0 Å². The molecule has 2 aromatic carbocycles. The minimum atomic E-state index is -0.670. The van der Waals surface area contributed by atoms with E-state index in [9.17, 15) is 14.9 Å². The number of ether oxygens (including phenoxy) is 4. The number of esters is 1. The average molecular weight is 579 g/mol. The van der Waals surface area contributed by atoms with Gasteiger partial charge in [-0.3, -0.25) is 10.1 Å². The number of nitro benzene ring substituents is 1. The number of benzene rings is 2. The maximum Gasteiger partial charge on any atom is 0.343 e. The number of rotatable bonds is 10. The average Bonchev–Trinajstić information content (AvgIpc) is 3.03. The van der Waals surface area contributed by atoms with Crippen LogP contribution in [0.2, 0.25) is 0 Å². The number of anilines is 3. The fourth-order valence-electron chi connectivity index (χ4n) is 4.21. The van der Waals surface area contributed by atoms with E-state index < -0.39 is 10.9 Å². The van der Waals surface area contributed by atoms with E-state index in [-0.39, 0.29) is 17.0 Å². The van der Waals surface area contributed by atoms with Crippen LogP contribution in [0.25, 0.3) is 0 Å². The van der Waals surface area contributed by atoms with Gasteiger partial charge in [-0.05, 0) is 42.8 Å². The van der Waals surface area contributed by atoms with Crippen molar-refractivity contribution in [2.75, 3.05) is 74.4 Å². The predicted octanol–water partition coefficient (Wildman–Crippen LogP) is 2.52. The largest absolute Gasteiger partial charge is 0.490 e. The lowest BCUT2D eigenvalue weighted by molar-refractivity contribution is -0.384. The smallest absolute Gasteiger partial charge is 0.343 e. The molecule has 0 spiro atoms.